The summed E-state index contributed by atoms with van der Waals surface area (Å²) in [6.45, 7) is 3.87. The topological polar surface area (TPSA) is 87.1 Å². The van der Waals surface area contributed by atoms with Gasteiger partial charge in [-0.2, -0.15) is 0 Å². The van der Waals surface area contributed by atoms with Crippen LogP contribution >= 0.6 is 11.6 Å². The Kier molecular flexibility index (Phi) is 6.35. The molecule has 174 valence electrons. The van der Waals surface area contributed by atoms with Gasteiger partial charge in [0.1, 0.15) is 17.3 Å². The number of nitrogens with zero attached hydrogens (tertiary/aromatic N) is 1. The molecule has 1 aliphatic heterocycles. The average molecular weight is 478 g/mol. The first kappa shape index (κ1) is 23.4. The fraction of sp³-hybridized carbons (Fsp3) is 0.185. The van der Waals surface area contributed by atoms with E-state index in [4.69, 9.17) is 16.3 Å². The maximum absolute atomic E-state index is 13.3. The van der Waals surface area contributed by atoms with Gasteiger partial charge in [-0.1, -0.05) is 48.4 Å². The predicted molar refractivity (Wildman–Crippen MR) is 131 cm³/mol. The van der Waals surface area contributed by atoms with E-state index in [1.165, 1.54) is 24.1 Å². The third-order valence-electron chi connectivity index (χ3n) is 5.96. The van der Waals surface area contributed by atoms with Crippen molar-refractivity contribution in [2.75, 3.05) is 12.0 Å². The van der Waals surface area contributed by atoms with E-state index in [1.54, 1.807) is 30.3 Å². The van der Waals surface area contributed by atoms with Crippen molar-refractivity contribution in [1.82, 2.24) is 0 Å². The molecule has 0 aromatic heterocycles. The van der Waals surface area contributed by atoms with E-state index >= 15 is 0 Å². The van der Waals surface area contributed by atoms with Crippen molar-refractivity contribution in [2.45, 2.75) is 26.3 Å². The fourth-order valence-electron chi connectivity index (χ4n) is 4.15. The van der Waals surface area contributed by atoms with Crippen LogP contribution in [0.25, 0.3) is 5.76 Å². The third kappa shape index (κ3) is 4.01. The molecule has 0 bridgehead atoms. The Morgan fingerprint density at radius 3 is 2.38 bits per heavy atom. The molecule has 3 aromatic carbocycles. The van der Waals surface area contributed by atoms with E-state index in [-0.39, 0.29) is 22.1 Å². The van der Waals surface area contributed by atoms with Gasteiger partial charge in [0.15, 0.2) is 0 Å². The van der Waals surface area contributed by atoms with Crippen LogP contribution < -0.4 is 9.64 Å². The van der Waals surface area contributed by atoms with E-state index in [0.29, 0.717) is 22.6 Å². The molecule has 2 N–H and O–H groups in total. The molecule has 7 heteroatoms. The summed E-state index contributed by atoms with van der Waals surface area (Å²) < 4.78 is 5.40. The number of phenolic OH excluding ortho intramolecular Hbond substituents is 1. The van der Waals surface area contributed by atoms with Crippen LogP contribution in [0.2, 0.25) is 5.02 Å². The van der Waals surface area contributed by atoms with Gasteiger partial charge >= 0.3 is 0 Å². The minimum atomic E-state index is -0.962. The first-order valence-electron chi connectivity index (χ1n) is 10.8. The lowest BCUT2D eigenvalue weighted by Crippen LogP contribution is -2.29. The van der Waals surface area contributed by atoms with Crippen molar-refractivity contribution in [3.8, 4) is 11.5 Å². The summed E-state index contributed by atoms with van der Waals surface area (Å²) in [6.07, 6.45) is 0.823. The Labute approximate surface area is 202 Å². The minimum absolute atomic E-state index is 0.0672. The number of Topliss-reactive ketones (excluding diaryl/α,β-unsaturated/α-hetero) is 1. The zero-order chi connectivity index (χ0) is 24.6. The van der Waals surface area contributed by atoms with Gasteiger partial charge in [-0.25, -0.2) is 0 Å². The molecule has 34 heavy (non-hydrogen) atoms. The number of anilines is 1. The molecule has 1 fully saturated rings. The molecule has 3 aromatic rings. The van der Waals surface area contributed by atoms with Gasteiger partial charge in [0.2, 0.25) is 0 Å². The fourth-order valence-corrected chi connectivity index (χ4v) is 4.34. The second-order valence-electron chi connectivity index (χ2n) is 8.10. The maximum Gasteiger partial charge on any atom is 0.300 e. The first-order valence-corrected chi connectivity index (χ1v) is 11.2. The lowest BCUT2D eigenvalue weighted by Gasteiger charge is -2.26. The summed E-state index contributed by atoms with van der Waals surface area (Å²) in [5.74, 6) is -1.71. The number of amides is 1. The zero-order valence-corrected chi connectivity index (χ0v) is 19.8. The smallest absolute Gasteiger partial charge is 0.300 e. The highest BCUT2D eigenvalue weighted by molar-refractivity contribution is 6.51. The number of hydrogen-bond donors (Lipinski definition) is 2. The number of ether oxygens (including phenoxy) is 1. The summed E-state index contributed by atoms with van der Waals surface area (Å²) in [4.78, 5) is 27.9. The molecular formula is C27H24ClNO5. The number of ketones is 1. The minimum Gasteiger partial charge on any atom is -0.507 e. The molecule has 1 amide bonds. The number of rotatable bonds is 5. The van der Waals surface area contributed by atoms with Crippen molar-refractivity contribution >= 4 is 34.7 Å². The van der Waals surface area contributed by atoms with Gasteiger partial charge in [0.25, 0.3) is 11.7 Å². The molecule has 1 atom stereocenters. The van der Waals surface area contributed by atoms with Crippen LogP contribution in [-0.4, -0.2) is 29.0 Å². The van der Waals surface area contributed by atoms with E-state index < -0.39 is 17.7 Å². The standard InChI is InChI=1S/C27H24ClNO5/c1-4-16-6-9-18(10-7-16)29-24(17-8-11-21(30)20(28)14-17)23(26(32)27(29)33)25(31)19-13-15(2)5-12-22(19)34-3/h5-14,24,30-31H,4H2,1-3H3/b25-23+. The van der Waals surface area contributed by atoms with Crippen LogP contribution in [0.3, 0.4) is 0 Å². The molecule has 0 aliphatic carbocycles. The first-order chi connectivity index (χ1) is 16.3. The summed E-state index contributed by atoms with van der Waals surface area (Å²) in [5, 5.41) is 21.4. The second-order valence-corrected chi connectivity index (χ2v) is 8.51. The normalized spacial score (nSPS) is 17.3. The lowest BCUT2D eigenvalue weighted by atomic mass is 9.94. The van der Waals surface area contributed by atoms with E-state index in [0.717, 1.165) is 17.5 Å². The summed E-state index contributed by atoms with van der Waals surface area (Å²) in [7, 11) is 1.46. The molecule has 1 aliphatic rings. The van der Waals surface area contributed by atoms with Gasteiger partial charge in [-0.3, -0.25) is 14.5 Å². The molecule has 1 heterocycles. The Morgan fingerprint density at radius 1 is 1.06 bits per heavy atom. The third-order valence-corrected chi connectivity index (χ3v) is 6.27. The largest absolute Gasteiger partial charge is 0.507 e. The number of aryl methyl sites for hydroxylation is 2. The number of hydrogen-bond acceptors (Lipinski definition) is 5. The van der Waals surface area contributed by atoms with Gasteiger partial charge in [0.05, 0.1) is 29.3 Å². The Bertz CT molecular complexity index is 1310. The van der Waals surface area contributed by atoms with Crippen LogP contribution in [-0.2, 0) is 16.0 Å². The second kappa shape index (κ2) is 9.23. The highest BCUT2D eigenvalue weighted by Crippen LogP contribution is 2.44. The molecule has 6 nitrogen and oxygen atoms in total. The highest BCUT2D eigenvalue weighted by atomic mass is 35.5. The van der Waals surface area contributed by atoms with Crippen molar-refractivity contribution in [3.63, 3.8) is 0 Å². The molecule has 4 rings (SSSR count). The number of benzene rings is 3. The van der Waals surface area contributed by atoms with Gasteiger partial charge < -0.3 is 14.9 Å². The lowest BCUT2D eigenvalue weighted by molar-refractivity contribution is -0.132. The Hall–Kier alpha value is -3.77. The zero-order valence-electron chi connectivity index (χ0n) is 19.0. The molecule has 0 saturated carbocycles. The molecule has 1 unspecified atom stereocenters. The molecule has 0 spiro atoms. The van der Waals surface area contributed by atoms with E-state index in [2.05, 4.69) is 0 Å². The van der Waals surface area contributed by atoms with E-state index in [9.17, 15) is 19.8 Å². The highest BCUT2D eigenvalue weighted by Gasteiger charge is 2.47. The van der Waals surface area contributed by atoms with Crippen molar-refractivity contribution in [3.05, 3.63) is 93.5 Å². The van der Waals surface area contributed by atoms with Crippen molar-refractivity contribution < 1.29 is 24.5 Å². The molecule has 1 saturated heterocycles. The quantitative estimate of drug-likeness (QED) is 0.286. The van der Waals surface area contributed by atoms with Gasteiger partial charge in [-0.15, -0.1) is 0 Å². The number of aliphatic hydroxyl groups is 1. The predicted octanol–water partition coefficient (Wildman–Crippen LogP) is 5.55. The number of aliphatic hydroxyl groups excluding tert-OH is 1. The SMILES string of the molecule is CCc1ccc(N2C(=O)C(=O)/C(=C(/O)c3cc(C)ccc3OC)C2c2ccc(O)c(Cl)c2)cc1. The van der Waals surface area contributed by atoms with Crippen molar-refractivity contribution in [2.24, 2.45) is 0 Å². The van der Waals surface area contributed by atoms with Crippen LogP contribution in [0.4, 0.5) is 5.69 Å². The van der Waals surface area contributed by atoms with Crippen LogP contribution in [0.15, 0.2) is 66.2 Å². The van der Waals surface area contributed by atoms with Crippen molar-refractivity contribution in [1.29, 1.82) is 0 Å². The maximum atomic E-state index is 13.3. The Balaban J connectivity index is 1.98. The van der Waals surface area contributed by atoms with Gasteiger partial charge in [0, 0.05) is 5.69 Å². The van der Waals surface area contributed by atoms with Crippen LogP contribution in [0.5, 0.6) is 11.5 Å². The number of carbonyl (C=O) groups excluding carboxylic acids is 2. The summed E-state index contributed by atoms with van der Waals surface area (Å²) >= 11 is 6.17. The summed E-state index contributed by atoms with van der Waals surface area (Å²) in [5.41, 5.74) is 3.11. The number of methoxy groups -OCH3 is 1. The van der Waals surface area contributed by atoms with Gasteiger partial charge in [-0.05, 0) is 60.9 Å². The monoisotopic (exact) mass is 477 g/mol. The van der Waals surface area contributed by atoms with E-state index in [1.807, 2.05) is 32.0 Å². The average Bonchev–Trinajstić information content (AvgIpc) is 3.10. The van der Waals surface area contributed by atoms with Crippen LogP contribution in [0.1, 0.15) is 35.2 Å². The Morgan fingerprint density at radius 2 is 1.76 bits per heavy atom. The summed E-state index contributed by atoms with van der Waals surface area (Å²) in [6, 6.07) is 16.0. The number of phenols is 1. The molecular weight excluding hydrogens is 454 g/mol. The number of aromatic hydroxyl groups is 1. The number of halogens is 1. The van der Waals surface area contributed by atoms with Crippen LogP contribution in [0, 0.1) is 6.92 Å². The number of carbonyl (C=O) groups is 2. The molecule has 0 radical (unpaired) electrons.